The first-order chi connectivity index (χ1) is 18.1. The van der Waals surface area contributed by atoms with Crippen molar-refractivity contribution in [2.24, 2.45) is 0 Å². The van der Waals surface area contributed by atoms with Gasteiger partial charge in [-0.05, 0) is 64.7 Å². The van der Waals surface area contributed by atoms with Gasteiger partial charge in [0.05, 0.1) is 7.11 Å². The van der Waals surface area contributed by atoms with E-state index in [0.29, 0.717) is 19.5 Å². The number of methoxy groups -OCH3 is 1. The van der Waals surface area contributed by atoms with Gasteiger partial charge in [-0.25, -0.2) is 4.39 Å². The van der Waals surface area contributed by atoms with E-state index in [1.165, 1.54) is 12.1 Å². The van der Waals surface area contributed by atoms with Crippen molar-refractivity contribution in [2.75, 3.05) is 7.11 Å². The number of hydrogen-bond acceptors (Lipinski definition) is 3. The second kappa shape index (κ2) is 11.1. The van der Waals surface area contributed by atoms with Crippen LogP contribution >= 0.6 is 0 Å². The van der Waals surface area contributed by atoms with E-state index in [4.69, 9.17) is 4.74 Å². The van der Waals surface area contributed by atoms with Gasteiger partial charge >= 0.3 is 0 Å². The number of pyridine rings is 1. The lowest BCUT2D eigenvalue weighted by molar-refractivity contribution is -0.121. The number of fused-ring (bicyclic) bond motifs is 1. The molecule has 0 radical (unpaired) electrons. The van der Waals surface area contributed by atoms with Crippen LogP contribution in [0.4, 0.5) is 4.39 Å². The first kappa shape index (κ1) is 24.3. The van der Waals surface area contributed by atoms with Gasteiger partial charge in [-0.1, -0.05) is 42.5 Å². The standard InChI is InChI=1S/C31H28FN3O2/c1-37-26-12-8-24(9-13-26)28(18-31(36)34-19-22-14-16-33-17-15-22)29-21-35(30-5-3-2-4-27(29)30)20-23-6-10-25(32)11-7-23/h2-17,21,28H,18-20H2,1H3,(H,34,36)/t28-/m1/s1. The Morgan fingerprint density at radius 1 is 0.946 bits per heavy atom. The van der Waals surface area contributed by atoms with Crippen molar-refractivity contribution < 1.29 is 13.9 Å². The number of benzene rings is 3. The summed E-state index contributed by atoms with van der Waals surface area (Å²) < 4.78 is 21.0. The highest BCUT2D eigenvalue weighted by Gasteiger charge is 2.23. The highest BCUT2D eigenvalue weighted by molar-refractivity contribution is 5.86. The molecular weight excluding hydrogens is 465 g/mol. The zero-order valence-corrected chi connectivity index (χ0v) is 20.6. The maximum atomic E-state index is 13.5. The van der Waals surface area contributed by atoms with Gasteiger partial charge in [0.15, 0.2) is 0 Å². The Hall–Kier alpha value is -4.45. The molecule has 2 heterocycles. The fourth-order valence-electron chi connectivity index (χ4n) is 4.67. The normalized spacial score (nSPS) is 11.8. The Morgan fingerprint density at radius 2 is 1.68 bits per heavy atom. The van der Waals surface area contributed by atoms with Crippen molar-refractivity contribution in [1.82, 2.24) is 14.9 Å². The molecule has 3 aromatic carbocycles. The third kappa shape index (κ3) is 5.70. The molecule has 0 unspecified atom stereocenters. The van der Waals surface area contributed by atoms with Crippen LogP contribution in [0, 0.1) is 5.82 Å². The van der Waals surface area contributed by atoms with Gasteiger partial charge in [0.2, 0.25) is 5.91 Å². The number of para-hydroxylation sites is 1. The van der Waals surface area contributed by atoms with Crippen LogP contribution in [-0.4, -0.2) is 22.6 Å². The molecule has 0 spiro atoms. The maximum Gasteiger partial charge on any atom is 0.221 e. The van der Waals surface area contributed by atoms with Crippen molar-refractivity contribution in [3.8, 4) is 5.75 Å². The summed E-state index contributed by atoms with van der Waals surface area (Å²) in [7, 11) is 1.64. The number of hydrogen-bond donors (Lipinski definition) is 1. The molecule has 0 saturated heterocycles. The summed E-state index contributed by atoms with van der Waals surface area (Å²) in [5.41, 5.74) is 5.18. The molecule has 1 N–H and O–H groups in total. The summed E-state index contributed by atoms with van der Waals surface area (Å²) in [4.78, 5) is 17.2. The lowest BCUT2D eigenvalue weighted by Crippen LogP contribution is -2.25. The first-order valence-electron chi connectivity index (χ1n) is 12.2. The van der Waals surface area contributed by atoms with Crippen molar-refractivity contribution in [3.63, 3.8) is 0 Å². The summed E-state index contributed by atoms with van der Waals surface area (Å²) in [6.45, 7) is 1.05. The van der Waals surface area contributed by atoms with Crippen LogP contribution in [0.3, 0.4) is 0 Å². The molecule has 0 bridgehead atoms. The van der Waals surface area contributed by atoms with E-state index in [1.807, 2.05) is 48.5 Å². The van der Waals surface area contributed by atoms with Gasteiger partial charge in [-0.2, -0.15) is 0 Å². The Morgan fingerprint density at radius 3 is 2.41 bits per heavy atom. The fraction of sp³-hybridized carbons (Fsp3) is 0.161. The largest absolute Gasteiger partial charge is 0.497 e. The molecule has 0 aliphatic heterocycles. The summed E-state index contributed by atoms with van der Waals surface area (Å²) in [5.74, 6) is 0.318. The van der Waals surface area contributed by atoms with E-state index in [2.05, 4.69) is 33.2 Å². The monoisotopic (exact) mass is 493 g/mol. The van der Waals surface area contributed by atoms with Crippen LogP contribution in [-0.2, 0) is 17.9 Å². The number of halogens is 1. The smallest absolute Gasteiger partial charge is 0.221 e. The van der Waals surface area contributed by atoms with E-state index in [-0.39, 0.29) is 17.6 Å². The van der Waals surface area contributed by atoms with E-state index >= 15 is 0 Å². The molecule has 5 nitrogen and oxygen atoms in total. The summed E-state index contributed by atoms with van der Waals surface area (Å²) in [6.07, 6.45) is 5.86. The number of aromatic nitrogens is 2. The summed E-state index contributed by atoms with van der Waals surface area (Å²) >= 11 is 0. The molecule has 5 aromatic rings. The lowest BCUT2D eigenvalue weighted by Gasteiger charge is -2.18. The Labute approximate surface area is 215 Å². The summed E-state index contributed by atoms with van der Waals surface area (Å²) in [6, 6.07) is 26.4. The second-order valence-electron chi connectivity index (χ2n) is 9.02. The third-order valence-electron chi connectivity index (χ3n) is 6.61. The molecule has 5 rings (SSSR count). The van der Waals surface area contributed by atoms with Crippen LogP contribution in [0.5, 0.6) is 5.75 Å². The molecule has 0 fully saturated rings. The molecule has 37 heavy (non-hydrogen) atoms. The maximum absolute atomic E-state index is 13.5. The predicted molar refractivity (Wildman–Crippen MR) is 143 cm³/mol. The van der Waals surface area contributed by atoms with Gasteiger partial charge in [-0.15, -0.1) is 0 Å². The predicted octanol–water partition coefficient (Wildman–Crippen LogP) is 6.07. The minimum absolute atomic E-state index is 0.0343. The van der Waals surface area contributed by atoms with Gasteiger partial charge < -0.3 is 14.6 Å². The molecule has 186 valence electrons. The molecule has 2 aromatic heterocycles. The number of amides is 1. The molecule has 0 aliphatic rings. The topological polar surface area (TPSA) is 56.1 Å². The Balaban J connectivity index is 1.49. The van der Waals surface area contributed by atoms with Crippen LogP contribution in [0.15, 0.2) is 104 Å². The molecule has 0 aliphatic carbocycles. The number of carbonyl (C=O) groups excluding carboxylic acids is 1. The number of ether oxygens (including phenoxy) is 1. The van der Waals surface area contributed by atoms with Gasteiger partial charge in [0.25, 0.3) is 0 Å². The minimum Gasteiger partial charge on any atom is -0.497 e. The van der Waals surface area contributed by atoms with E-state index in [0.717, 1.165) is 38.9 Å². The van der Waals surface area contributed by atoms with Gasteiger partial charge in [0, 0.05) is 54.9 Å². The Kier molecular flexibility index (Phi) is 7.26. The van der Waals surface area contributed by atoms with E-state index < -0.39 is 0 Å². The fourth-order valence-corrected chi connectivity index (χ4v) is 4.67. The van der Waals surface area contributed by atoms with Gasteiger partial charge in [-0.3, -0.25) is 9.78 Å². The zero-order chi connectivity index (χ0) is 25.6. The molecule has 1 amide bonds. The highest BCUT2D eigenvalue weighted by atomic mass is 19.1. The number of nitrogens with one attached hydrogen (secondary N) is 1. The Bertz CT molecular complexity index is 1480. The van der Waals surface area contributed by atoms with E-state index in [1.54, 1.807) is 31.6 Å². The lowest BCUT2D eigenvalue weighted by atomic mass is 9.88. The molecular formula is C31H28FN3O2. The quantitative estimate of drug-likeness (QED) is 0.271. The number of rotatable bonds is 9. The number of nitrogens with zero attached hydrogens (tertiary/aromatic N) is 2. The molecule has 0 saturated carbocycles. The number of carbonyl (C=O) groups is 1. The highest BCUT2D eigenvalue weighted by Crippen LogP contribution is 2.36. The van der Waals surface area contributed by atoms with Crippen molar-refractivity contribution >= 4 is 16.8 Å². The van der Waals surface area contributed by atoms with Crippen LogP contribution in [0.25, 0.3) is 10.9 Å². The summed E-state index contributed by atoms with van der Waals surface area (Å²) in [5, 5.41) is 4.15. The van der Waals surface area contributed by atoms with Crippen LogP contribution < -0.4 is 10.1 Å². The zero-order valence-electron chi connectivity index (χ0n) is 20.6. The van der Waals surface area contributed by atoms with Crippen molar-refractivity contribution in [3.05, 3.63) is 132 Å². The average Bonchev–Trinajstić information content (AvgIpc) is 3.30. The van der Waals surface area contributed by atoms with Crippen LogP contribution in [0.1, 0.15) is 34.6 Å². The van der Waals surface area contributed by atoms with Gasteiger partial charge in [0.1, 0.15) is 11.6 Å². The third-order valence-corrected chi connectivity index (χ3v) is 6.61. The molecule has 6 heteroatoms. The van der Waals surface area contributed by atoms with Crippen molar-refractivity contribution in [1.29, 1.82) is 0 Å². The second-order valence-corrected chi connectivity index (χ2v) is 9.02. The SMILES string of the molecule is COc1ccc([C@@H](CC(=O)NCc2ccncc2)c2cn(Cc3ccc(F)cc3)c3ccccc23)cc1. The van der Waals surface area contributed by atoms with Crippen LogP contribution in [0.2, 0.25) is 0 Å². The molecule has 1 atom stereocenters. The minimum atomic E-state index is -0.251. The van der Waals surface area contributed by atoms with E-state index in [9.17, 15) is 9.18 Å². The first-order valence-corrected chi connectivity index (χ1v) is 12.2. The average molecular weight is 494 g/mol. The van der Waals surface area contributed by atoms with Crippen molar-refractivity contribution in [2.45, 2.75) is 25.4 Å².